The van der Waals surface area contributed by atoms with Gasteiger partial charge in [0.25, 0.3) is 5.91 Å². The van der Waals surface area contributed by atoms with Crippen LogP contribution >= 0.6 is 0 Å². The van der Waals surface area contributed by atoms with Crippen molar-refractivity contribution in [2.75, 3.05) is 0 Å². The molecule has 0 radical (unpaired) electrons. The summed E-state index contributed by atoms with van der Waals surface area (Å²) in [5, 5.41) is 5.24. The van der Waals surface area contributed by atoms with Crippen LogP contribution in [0.4, 0.5) is 0 Å². The molecule has 1 fully saturated rings. The van der Waals surface area contributed by atoms with Gasteiger partial charge in [-0.15, -0.1) is 0 Å². The number of carbonyl (C=O) groups excluding carboxylic acids is 1. The highest BCUT2D eigenvalue weighted by Crippen LogP contribution is 2.31. The van der Waals surface area contributed by atoms with Crippen molar-refractivity contribution >= 4 is 15.9 Å². The Labute approximate surface area is 141 Å². The number of primary sulfonamides is 1. The zero-order valence-corrected chi connectivity index (χ0v) is 14.5. The van der Waals surface area contributed by atoms with Crippen molar-refractivity contribution < 1.29 is 17.6 Å². The van der Waals surface area contributed by atoms with Crippen LogP contribution in [0, 0.1) is 13.8 Å². The van der Waals surface area contributed by atoms with Crippen LogP contribution in [0.5, 0.6) is 0 Å². The van der Waals surface area contributed by atoms with Gasteiger partial charge >= 0.3 is 0 Å². The van der Waals surface area contributed by atoms with E-state index in [1.165, 1.54) is 12.1 Å². The van der Waals surface area contributed by atoms with Gasteiger partial charge in [-0.3, -0.25) is 4.79 Å². The van der Waals surface area contributed by atoms with E-state index < -0.39 is 10.0 Å². The van der Waals surface area contributed by atoms with Gasteiger partial charge < -0.3 is 9.32 Å². The summed E-state index contributed by atoms with van der Waals surface area (Å²) in [6, 6.07) is 6.64. The van der Waals surface area contributed by atoms with Gasteiger partial charge in [-0.1, -0.05) is 0 Å². The second-order valence-corrected chi connectivity index (χ2v) is 7.76. The summed E-state index contributed by atoms with van der Waals surface area (Å²) in [6.45, 7) is 3.96. The van der Waals surface area contributed by atoms with Crippen molar-refractivity contribution in [1.29, 1.82) is 0 Å². The molecular formula is C17H20N2O4S. The van der Waals surface area contributed by atoms with Crippen LogP contribution in [0.1, 0.15) is 40.1 Å². The molecule has 0 aliphatic heterocycles. The Bertz CT molecular complexity index is 868. The maximum Gasteiger partial charge on any atom is 0.254 e. The van der Waals surface area contributed by atoms with Crippen LogP contribution in [0.2, 0.25) is 0 Å². The minimum atomic E-state index is -3.87. The molecule has 1 saturated carbocycles. The van der Waals surface area contributed by atoms with Gasteiger partial charge in [-0.05, 0) is 62.1 Å². The van der Waals surface area contributed by atoms with E-state index in [1.807, 2.05) is 13.0 Å². The van der Waals surface area contributed by atoms with Gasteiger partial charge in [-0.2, -0.15) is 0 Å². The minimum absolute atomic E-state index is 0.0392. The summed E-state index contributed by atoms with van der Waals surface area (Å²) in [7, 11) is -3.87. The van der Waals surface area contributed by atoms with Crippen molar-refractivity contribution in [1.82, 2.24) is 4.90 Å². The Morgan fingerprint density at radius 1 is 1.33 bits per heavy atom. The Kier molecular flexibility index (Phi) is 4.23. The van der Waals surface area contributed by atoms with Gasteiger partial charge in [0.05, 0.1) is 17.7 Å². The third-order valence-electron chi connectivity index (χ3n) is 4.35. The number of nitrogens with two attached hydrogens (primary N) is 1. The molecule has 2 aromatic rings. The molecule has 3 rings (SSSR count). The first-order valence-corrected chi connectivity index (χ1v) is 9.29. The van der Waals surface area contributed by atoms with Crippen molar-refractivity contribution in [2.24, 2.45) is 5.14 Å². The molecule has 1 heterocycles. The Hall–Kier alpha value is -2.12. The van der Waals surface area contributed by atoms with Crippen LogP contribution in [0.3, 0.4) is 0 Å². The molecular weight excluding hydrogens is 328 g/mol. The van der Waals surface area contributed by atoms with Gasteiger partial charge in [0.2, 0.25) is 10.0 Å². The second-order valence-electron chi connectivity index (χ2n) is 6.20. The van der Waals surface area contributed by atoms with Crippen molar-refractivity contribution in [2.45, 2.75) is 44.2 Å². The highest BCUT2D eigenvalue weighted by Gasteiger charge is 2.34. The lowest BCUT2D eigenvalue weighted by atomic mass is 10.0. The molecule has 1 aliphatic rings. The Morgan fingerprint density at radius 2 is 2.04 bits per heavy atom. The lowest BCUT2D eigenvalue weighted by Gasteiger charge is -2.23. The SMILES string of the molecule is Cc1cc(S(N)(=O)=O)cc(C(=O)N(Cc2ccco2)C2CC2)c1C. The molecule has 0 saturated heterocycles. The van der Waals surface area contributed by atoms with Gasteiger partial charge in [-0.25, -0.2) is 13.6 Å². The first-order valence-electron chi connectivity index (χ1n) is 7.75. The summed E-state index contributed by atoms with van der Waals surface area (Å²) in [6.07, 6.45) is 3.46. The molecule has 24 heavy (non-hydrogen) atoms. The number of hydrogen-bond acceptors (Lipinski definition) is 4. The fourth-order valence-electron chi connectivity index (χ4n) is 2.69. The lowest BCUT2D eigenvalue weighted by Crippen LogP contribution is -2.33. The summed E-state index contributed by atoms with van der Waals surface area (Å²) < 4.78 is 28.7. The summed E-state index contributed by atoms with van der Waals surface area (Å²) >= 11 is 0. The standard InChI is InChI=1S/C17H20N2O4S/c1-11-8-15(24(18,21)22)9-16(12(11)2)17(20)19(13-5-6-13)10-14-4-3-7-23-14/h3-4,7-9,13H,5-6,10H2,1-2H3,(H2,18,21,22). The quantitative estimate of drug-likeness (QED) is 0.897. The van der Waals surface area contributed by atoms with Crippen LogP contribution in [0.25, 0.3) is 0 Å². The number of benzene rings is 1. The highest BCUT2D eigenvalue weighted by molar-refractivity contribution is 7.89. The van der Waals surface area contributed by atoms with Gasteiger partial charge in [0, 0.05) is 11.6 Å². The van der Waals surface area contributed by atoms with Crippen LogP contribution in [-0.4, -0.2) is 25.3 Å². The number of rotatable bonds is 5. The second kappa shape index (κ2) is 6.07. The zero-order chi connectivity index (χ0) is 17.5. The molecule has 128 valence electrons. The van der Waals surface area contributed by atoms with E-state index >= 15 is 0 Å². The average molecular weight is 348 g/mol. The molecule has 0 unspecified atom stereocenters. The van der Waals surface area contributed by atoms with E-state index in [4.69, 9.17) is 9.56 Å². The third-order valence-corrected chi connectivity index (χ3v) is 5.25. The predicted octanol–water partition coefficient (Wildman–Crippen LogP) is 2.35. The number of sulfonamides is 1. The summed E-state index contributed by atoms with van der Waals surface area (Å²) in [4.78, 5) is 14.8. The molecule has 1 aromatic carbocycles. The molecule has 6 nitrogen and oxygen atoms in total. The van der Waals surface area contributed by atoms with Crippen molar-refractivity contribution in [3.8, 4) is 0 Å². The van der Waals surface area contributed by atoms with E-state index in [1.54, 1.807) is 24.2 Å². The van der Waals surface area contributed by atoms with Crippen LogP contribution in [0.15, 0.2) is 39.8 Å². The van der Waals surface area contributed by atoms with E-state index in [0.29, 0.717) is 17.9 Å². The molecule has 0 atom stereocenters. The van der Waals surface area contributed by atoms with Crippen molar-refractivity contribution in [3.05, 3.63) is 53.0 Å². The normalized spacial score (nSPS) is 14.6. The van der Waals surface area contributed by atoms with Gasteiger partial charge in [0.1, 0.15) is 5.76 Å². The summed E-state index contributed by atoms with van der Waals surface area (Å²) in [5.74, 6) is 0.507. The number of carbonyl (C=O) groups is 1. The fraction of sp³-hybridized carbons (Fsp3) is 0.353. The smallest absolute Gasteiger partial charge is 0.254 e. The first-order chi connectivity index (χ1) is 11.3. The van der Waals surface area contributed by atoms with Crippen molar-refractivity contribution in [3.63, 3.8) is 0 Å². The first kappa shape index (κ1) is 16.7. The predicted molar refractivity (Wildman–Crippen MR) is 88.9 cm³/mol. The summed E-state index contributed by atoms with van der Waals surface area (Å²) in [5.41, 5.74) is 1.86. The number of furan rings is 1. The largest absolute Gasteiger partial charge is 0.467 e. The third kappa shape index (κ3) is 3.37. The molecule has 1 aromatic heterocycles. The minimum Gasteiger partial charge on any atom is -0.467 e. The number of amides is 1. The van der Waals surface area contributed by atoms with E-state index in [-0.39, 0.29) is 16.8 Å². The molecule has 1 amide bonds. The maximum absolute atomic E-state index is 13.1. The maximum atomic E-state index is 13.1. The monoisotopic (exact) mass is 348 g/mol. The average Bonchev–Trinajstić information content (AvgIpc) is 3.22. The van der Waals surface area contributed by atoms with Gasteiger partial charge in [0.15, 0.2) is 0 Å². The van der Waals surface area contributed by atoms with E-state index in [9.17, 15) is 13.2 Å². The van der Waals surface area contributed by atoms with E-state index in [0.717, 1.165) is 24.0 Å². The molecule has 2 N–H and O–H groups in total. The zero-order valence-electron chi connectivity index (χ0n) is 13.7. The van der Waals surface area contributed by atoms with Crippen LogP contribution < -0.4 is 5.14 Å². The molecule has 0 spiro atoms. The van der Waals surface area contributed by atoms with E-state index in [2.05, 4.69) is 0 Å². The number of aryl methyl sites for hydroxylation is 1. The number of nitrogens with zero attached hydrogens (tertiary/aromatic N) is 1. The lowest BCUT2D eigenvalue weighted by molar-refractivity contribution is 0.0716. The van der Waals surface area contributed by atoms with Crippen LogP contribution in [-0.2, 0) is 16.6 Å². The Morgan fingerprint density at radius 3 is 2.58 bits per heavy atom. The number of hydrogen-bond donors (Lipinski definition) is 1. The Balaban J connectivity index is 1.99. The highest BCUT2D eigenvalue weighted by atomic mass is 32.2. The molecule has 1 aliphatic carbocycles. The molecule has 7 heteroatoms. The molecule has 0 bridgehead atoms. The topological polar surface area (TPSA) is 93.6 Å². The fourth-order valence-corrected chi connectivity index (χ4v) is 3.31.